The molecule has 0 radical (unpaired) electrons. The lowest BCUT2D eigenvalue weighted by Crippen LogP contribution is -2.54. The summed E-state index contributed by atoms with van der Waals surface area (Å²) in [6.45, 7) is 0.791. The lowest BCUT2D eigenvalue weighted by Gasteiger charge is -2.37. The summed E-state index contributed by atoms with van der Waals surface area (Å²) < 4.78 is 0. The first kappa shape index (κ1) is 12.7. The Balaban J connectivity index is 1.54. The Morgan fingerprint density at radius 3 is 2.75 bits per heavy atom. The summed E-state index contributed by atoms with van der Waals surface area (Å²) in [7, 11) is 0. The number of nitrogens with one attached hydrogen (secondary N) is 1. The van der Waals surface area contributed by atoms with E-state index in [0.717, 1.165) is 0 Å². The van der Waals surface area contributed by atoms with Gasteiger partial charge in [0.15, 0.2) is 5.13 Å². The van der Waals surface area contributed by atoms with Crippen LogP contribution in [0.5, 0.6) is 0 Å². The van der Waals surface area contributed by atoms with Gasteiger partial charge in [0.25, 0.3) is 5.91 Å². The van der Waals surface area contributed by atoms with Crippen molar-refractivity contribution in [3.63, 3.8) is 0 Å². The molecule has 3 rings (SSSR count). The van der Waals surface area contributed by atoms with Gasteiger partial charge < -0.3 is 10.2 Å². The third-order valence-electron chi connectivity index (χ3n) is 2.98. The number of anilines is 1. The largest absolute Gasteiger partial charge is 0.336 e. The van der Waals surface area contributed by atoms with Crippen molar-refractivity contribution in [3.05, 3.63) is 35.9 Å². The minimum absolute atomic E-state index is 0.108. The Morgan fingerprint density at radius 2 is 2.10 bits per heavy atom. The van der Waals surface area contributed by atoms with Gasteiger partial charge >= 0.3 is 0 Å². The minimum Gasteiger partial charge on any atom is -0.336 e. The lowest BCUT2D eigenvalue weighted by atomic mass is 9.99. The summed E-state index contributed by atoms with van der Waals surface area (Å²) in [5.41, 5.74) is 0.297. The number of carbonyl (C=O) groups is 2. The number of thiazole rings is 1. The SMILES string of the molecule is O=C(Nc1nccs1)C1CN(C(=O)c2cnccn2)C1. The molecule has 0 atom stereocenters. The van der Waals surface area contributed by atoms with E-state index >= 15 is 0 Å². The Bertz CT molecular complexity index is 610. The molecular formula is C12H11N5O2S. The number of hydrogen-bond donors (Lipinski definition) is 1. The molecule has 20 heavy (non-hydrogen) atoms. The van der Waals surface area contributed by atoms with Crippen molar-refractivity contribution >= 4 is 28.3 Å². The molecule has 1 aliphatic heterocycles. The average molecular weight is 289 g/mol. The van der Waals surface area contributed by atoms with Crippen LogP contribution in [0.1, 0.15) is 10.5 Å². The van der Waals surface area contributed by atoms with Crippen LogP contribution in [0.15, 0.2) is 30.2 Å². The molecule has 2 aromatic rings. The number of likely N-dealkylation sites (tertiary alicyclic amines) is 1. The van der Waals surface area contributed by atoms with Crippen LogP contribution in [0.2, 0.25) is 0 Å². The maximum Gasteiger partial charge on any atom is 0.274 e. The fourth-order valence-corrected chi connectivity index (χ4v) is 2.41. The van der Waals surface area contributed by atoms with Crippen LogP contribution in [0.25, 0.3) is 0 Å². The summed E-state index contributed by atoms with van der Waals surface area (Å²) in [5.74, 6) is -0.501. The first-order valence-corrected chi connectivity index (χ1v) is 6.87. The van der Waals surface area contributed by atoms with Crippen molar-refractivity contribution in [2.24, 2.45) is 5.92 Å². The summed E-state index contributed by atoms with van der Waals surface area (Å²) in [5, 5.41) is 5.10. The van der Waals surface area contributed by atoms with Gasteiger partial charge in [0.2, 0.25) is 5.91 Å². The van der Waals surface area contributed by atoms with Gasteiger partial charge in [-0.3, -0.25) is 14.6 Å². The molecule has 1 N–H and O–H groups in total. The fraction of sp³-hybridized carbons (Fsp3) is 0.250. The van der Waals surface area contributed by atoms with E-state index in [1.807, 2.05) is 0 Å². The molecule has 7 nitrogen and oxygen atoms in total. The molecule has 2 amide bonds. The molecule has 1 fully saturated rings. The van der Waals surface area contributed by atoms with Crippen molar-refractivity contribution < 1.29 is 9.59 Å². The van der Waals surface area contributed by atoms with Gasteiger partial charge in [0, 0.05) is 37.1 Å². The second-order valence-electron chi connectivity index (χ2n) is 4.32. The lowest BCUT2D eigenvalue weighted by molar-refractivity contribution is -0.123. The normalized spacial score (nSPS) is 14.7. The number of aromatic nitrogens is 3. The molecule has 0 unspecified atom stereocenters. The molecule has 0 aromatic carbocycles. The van der Waals surface area contributed by atoms with Crippen LogP contribution in [-0.2, 0) is 4.79 Å². The topological polar surface area (TPSA) is 88.1 Å². The average Bonchev–Trinajstić information content (AvgIpc) is 2.90. The number of nitrogens with zero attached hydrogens (tertiary/aromatic N) is 4. The Kier molecular flexibility index (Phi) is 3.38. The Morgan fingerprint density at radius 1 is 1.25 bits per heavy atom. The van der Waals surface area contributed by atoms with E-state index in [1.54, 1.807) is 16.5 Å². The van der Waals surface area contributed by atoms with Crippen molar-refractivity contribution in [3.8, 4) is 0 Å². The van der Waals surface area contributed by atoms with Crippen molar-refractivity contribution in [2.45, 2.75) is 0 Å². The Labute approximate surface area is 118 Å². The molecule has 0 aliphatic carbocycles. The predicted octanol–water partition coefficient (Wildman–Crippen LogP) is 0.644. The van der Waals surface area contributed by atoms with Crippen LogP contribution in [0.3, 0.4) is 0 Å². The van der Waals surface area contributed by atoms with Gasteiger partial charge in [-0.25, -0.2) is 9.97 Å². The van der Waals surface area contributed by atoms with E-state index in [1.165, 1.54) is 29.9 Å². The third kappa shape index (κ3) is 2.50. The van der Waals surface area contributed by atoms with Crippen molar-refractivity contribution in [1.82, 2.24) is 19.9 Å². The zero-order valence-corrected chi connectivity index (χ0v) is 11.2. The van der Waals surface area contributed by atoms with Crippen LogP contribution in [-0.4, -0.2) is 44.8 Å². The van der Waals surface area contributed by atoms with E-state index in [2.05, 4.69) is 20.3 Å². The molecule has 0 saturated carbocycles. The zero-order valence-electron chi connectivity index (χ0n) is 10.4. The number of rotatable bonds is 3. The first-order chi connectivity index (χ1) is 9.74. The van der Waals surface area contributed by atoms with Gasteiger partial charge in [0.05, 0.1) is 12.1 Å². The number of carbonyl (C=O) groups excluding carboxylic acids is 2. The molecule has 8 heteroatoms. The molecule has 0 spiro atoms. The van der Waals surface area contributed by atoms with Gasteiger partial charge in [-0.05, 0) is 0 Å². The highest BCUT2D eigenvalue weighted by Gasteiger charge is 2.36. The highest BCUT2D eigenvalue weighted by molar-refractivity contribution is 7.13. The molecule has 1 saturated heterocycles. The zero-order chi connectivity index (χ0) is 13.9. The Hall–Kier alpha value is -2.35. The van der Waals surface area contributed by atoms with E-state index < -0.39 is 0 Å². The molecule has 0 bridgehead atoms. The highest BCUT2D eigenvalue weighted by atomic mass is 32.1. The predicted molar refractivity (Wildman–Crippen MR) is 72.2 cm³/mol. The van der Waals surface area contributed by atoms with Gasteiger partial charge in [-0.2, -0.15) is 0 Å². The van der Waals surface area contributed by atoms with Gasteiger partial charge in [-0.1, -0.05) is 0 Å². The second-order valence-corrected chi connectivity index (χ2v) is 5.22. The molecule has 2 aromatic heterocycles. The minimum atomic E-state index is -0.198. The molecule has 3 heterocycles. The number of hydrogen-bond acceptors (Lipinski definition) is 6. The number of amides is 2. The monoisotopic (exact) mass is 289 g/mol. The molecular weight excluding hydrogens is 278 g/mol. The quantitative estimate of drug-likeness (QED) is 0.896. The standard InChI is InChI=1S/C12H11N5O2S/c18-10(16-12-15-3-4-20-12)8-6-17(7-8)11(19)9-5-13-1-2-14-9/h1-5,8H,6-7H2,(H,15,16,18). The highest BCUT2D eigenvalue weighted by Crippen LogP contribution is 2.20. The van der Waals surface area contributed by atoms with Crippen molar-refractivity contribution in [2.75, 3.05) is 18.4 Å². The summed E-state index contributed by atoms with van der Waals surface area (Å²) in [6.07, 6.45) is 6.03. The summed E-state index contributed by atoms with van der Waals surface area (Å²) in [6, 6.07) is 0. The van der Waals surface area contributed by atoms with Gasteiger partial charge in [-0.15, -0.1) is 11.3 Å². The van der Waals surface area contributed by atoms with Crippen molar-refractivity contribution in [1.29, 1.82) is 0 Å². The first-order valence-electron chi connectivity index (χ1n) is 5.99. The van der Waals surface area contributed by atoms with E-state index in [0.29, 0.717) is 23.9 Å². The van der Waals surface area contributed by atoms with E-state index in [4.69, 9.17) is 0 Å². The van der Waals surface area contributed by atoms with Crippen LogP contribution in [0, 0.1) is 5.92 Å². The fourth-order valence-electron chi connectivity index (χ4n) is 1.87. The van der Waals surface area contributed by atoms with Crippen LogP contribution >= 0.6 is 11.3 Å². The third-order valence-corrected chi connectivity index (χ3v) is 3.67. The molecule has 102 valence electrons. The summed E-state index contributed by atoms with van der Waals surface area (Å²) >= 11 is 1.37. The van der Waals surface area contributed by atoms with Gasteiger partial charge in [0.1, 0.15) is 5.69 Å². The van der Waals surface area contributed by atoms with E-state index in [9.17, 15) is 9.59 Å². The van der Waals surface area contributed by atoms with Crippen LogP contribution < -0.4 is 5.32 Å². The molecule has 1 aliphatic rings. The smallest absolute Gasteiger partial charge is 0.274 e. The van der Waals surface area contributed by atoms with Crippen LogP contribution in [0.4, 0.5) is 5.13 Å². The van der Waals surface area contributed by atoms with E-state index in [-0.39, 0.29) is 17.7 Å². The maximum atomic E-state index is 12.0. The second kappa shape index (κ2) is 5.33. The summed E-state index contributed by atoms with van der Waals surface area (Å²) in [4.78, 5) is 37.3. The maximum absolute atomic E-state index is 12.0.